The van der Waals surface area contributed by atoms with Crippen molar-refractivity contribution in [3.8, 4) is 0 Å². The fourth-order valence-corrected chi connectivity index (χ4v) is 2.63. The molecule has 1 atom stereocenters. The number of thiazole rings is 1. The summed E-state index contributed by atoms with van der Waals surface area (Å²) in [7, 11) is 0. The maximum atomic E-state index is 4.52. The Morgan fingerprint density at radius 2 is 2.25 bits per heavy atom. The van der Waals surface area contributed by atoms with Gasteiger partial charge in [-0.3, -0.25) is 0 Å². The molecule has 1 aromatic rings. The van der Waals surface area contributed by atoms with E-state index in [1.54, 1.807) is 11.3 Å². The predicted molar refractivity (Wildman–Crippen MR) is 74.2 cm³/mol. The van der Waals surface area contributed by atoms with Crippen LogP contribution in [0.25, 0.3) is 6.08 Å². The molecule has 0 aromatic carbocycles. The van der Waals surface area contributed by atoms with Crippen LogP contribution in [-0.4, -0.2) is 17.6 Å². The monoisotopic (exact) mass is 238 g/mol. The van der Waals surface area contributed by atoms with Gasteiger partial charge in [0, 0.05) is 23.7 Å². The van der Waals surface area contributed by atoms with Gasteiger partial charge in [0.15, 0.2) is 5.13 Å². The van der Waals surface area contributed by atoms with E-state index in [1.807, 2.05) is 13.1 Å². The van der Waals surface area contributed by atoms with Gasteiger partial charge in [-0.2, -0.15) is 0 Å². The Balaban J connectivity index is 2.83. The van der Waals surface area contributed by atoms with Gasteiger partial charge in [-0.15, -0.1) is 0 Å². The number of hydrogen-bond acceptors (Lipinski definition) is 3. The third-order valence-corrected chi connectivity index (χ3v) is 3.68. The molecule has 0 spiro atoms. The zero-order valence-corrected chi connectivity index (χ0v) is 11.5. The number of rotatable bonds is 6. The molecule has 0 saturated carbocycles. The summed E-state index contributed by atoms with van der Waals surface area (Å²) in [5.41, 5.74) is 0. The van der Waals surface area contributed by atoms with Crippen LogP contribution in [0, 0.1) is 0 Å². The molecule has 0 saturated heterocycles. The molecule has 1 heterocycles. The van der Waals surface area contributed by atoms with E-state index < -0.39 is 0 Å². The molecule has 2 nitrogen and oxygen atoms in total. The molecular weight excluding hydrogens is 216 g/mol. The van der Waals surface area contributed by atoms with Crippen LogP contribution < -0.4 is 4.90 Å². The van der Waals surface area contributed by atoms with Crippen molar-refractivity contribution in [1.29, 1.82) is 0 Å². The van der Waals surface area contributed by atoms with E-state index in [4.69, 9.17) is 0 Å². The Kier molecular flexibility index (Phi) is 5.53. The molecule has 0 aliphatic heterocycles. The van der Waals surface area contributed by atoms with Gasteiger partial charge in [-0.05, 0) is 32.8 Å². The normalized spacial score (nSPS) is 13.2. The van der Waals surface area contributed by atoms with Crippen LogP contribution in [-0.2, 0) is 0 Å². The summed E-state index contributed by atoms with van der Waals surface area (Å²) in [6.45, 7) is 9.85. The van der Waals surface area contributed by atoms with E-state index in [0.29, 0.717) is 6.04 Å². The summed E-state index contributed by atoms with van der Waals surface area (Å²) in [4.78, 5) is 8.17. The SMILES string of the molecule is C/C=C\c1cnc(N(CCC)[C@@H](C)CC)s1. The maximum Gasteiger partial charge on any atom is 0.186 e. The molecule has 0 N–H and O–H groups in total. The van der Waals surface area contributed by atoms with Gasteiger partial charge < -0.3 is 4.90 Å². The number of anilines is 1. The molecular formula is C13H22N2S. The molecule has 0 aliphatic rings. The van der Waals surface area contributed by atoms with Crippen LogP contribution in [0.5, 0.6) is 0 Å². The predicted octanol–water partition coefficient (Wildman–Crippen LogP) is 4.19. The van der Waals surface area contributed by atoms with Crippen LogP contribution >= 0.6 is 11.3 Å². The van der Waals surface area contributed by atoms with Crippen LogP contribution in [0.15, 0.2) is 12.3 Å². The second-order valence-corrected chi connectivity index (χ2v) is 5.04. The lowest BCUT2D eigenvalue weighted by Crippen LogP contribution is -2.33. The lowest BCUT2D eigenvalue weighted by Gasteiger charge is -2.27. The summed E-state index contributed by atoms with van der Waals surface area (Å²) in [5.74, 6) is 0. The van der Waals surface area contributed by atoms with Gasteiger partial charge in [0.2, 0.25) is 0 Å². The topological polar surface area (TPSA) is 16.1 Å². The smallest absolute Gasteiger partial charge is 0.186 e. The average Bonchev–Trinajstić information content (AvgIpc) is 2.74. The highest BCUT2D eigenvalue weighted by atomic mass is 32.1. The first-order valence-corrected chi connectivity index (χ1v) is 6.89. The van der Waals surface area contributed by atoms with Gasteiger partial charge in [-0.25, -0.2) is 4.98 Å². The van der Waals surface area contributed by atoms with Crippen LogP contribution in [0.3, 0.4) is 0 Å². The summed E-state index contributed by atoms with van der Waals surface area (Å²) >= 11 is 1.78. The van der Waals surface area contributed by atoms with E-state index >= 15 is 0 Å². The van der Waals surface area contributed by atoms with E-state index in [2.05, 4.69) is 42.8 Å². The number of hydrogen-bond donors (Lipinski definition) is 0. The molecule has 0 fully saturated rings. The molecule has 0 bridgehead atoms. The van der Waals surface area contributed by atoms with Gasteiger partial charge >= 0.3 is 0 Å². The quantitative estimate of drug-likeness (QED) is 0.738. The summed E-state index contributed by atoms with van der Waals surface area (Å²) in [6, 6.07) is 0.574. The maximum absolute atomic E-state index is 4.52. The molecule has 0 unspecified atom stereocenters. The fraction of sp³-hybridized carbons (Fsp3) is 0.615. The molecule has 0 radical (unpaired) electrons. The molecule has 16 heavy (non-hydrogen) atoms. The summed E-state index contributed by atoms with van der Waals surface area (Å²) < 4.78 is 0. The molecule has 1 rings (SSSR count). The van der Waals surface area contributed by atoms with Crippen molar-refractivity contribution in [3.05, 3.63) is 17.2 Å². The van der Waals surface area contributed by atoms with Gasteiger partial charge in [0.25, 0.3) is 0 Å². The lowest BCUT2D eigenvalue weighted by molar-refractivity contribution is 0.608. The third-order valence-electron chi connectivity index (χ3n) is 2.68. The molecule has 0 aliphatic carbocycles. The minimum atomic E-state index is 0.574. The van der Waals surface area contributed by atoms with E-state index in [1.165, 1.54) is 17.7 Å². The highest BCUT2D eigenvalue weighted by molar-refractivity contribution is 7.16. The van der Waals surface area contributed by atoms with Crippen molar-refractivity contribution < 1.29 is 0 Å². The van der Waals surface area contributed by atoms with E-state index in [0.717, 1.165) is 11.7 Å². The van der Waals surface area contributed by atoms with E-state index in [-0.39, 0.29) is 0 Å². The van der Waals surface area contributed by atoms with Crippen molar-refractivity contribution in [2.45, 2.75) is 46.6 Å². The standard InChI is InChI=1S/C13H22N2S/c1-5-8-12-10-14-13(16-12)15(9-6-2)11(4)7-3/h5,8,10-11H,6-7,9H2,1-4H3/b8-5-/t11-/m0/s1. The van der Waals surface area contributed by atoms with Gasteiger partial charge in [0.05, 0.1) is 0 Å². The Morgan fingerprint density at radius 3 is 2.81 bits per heavy atom. The first-order chi connectivity index (χ1) is 7.72. The van der Waals surface area contributed by atoms with E-state index in [9.17, 15) is 0 Å². The number of nitrogens with zero attached hydrogens (tertiary/aromatic N) is 2. The molecule has 3 heteroatoms. The lowest BCUT2D eigenvalue weighted by atomic mass is 10.2. The Morgan fingerprint density at radius 1 is 1.50 bits per heavy atom. The third kappa shape index (κ3) is 3.34. The second kappa shape index (κ2) is 6.69. The van der Waals surface area contributed by atoms with Gasteiger partial charge in [-0.1, -0.05) is 31.3 Å². The summed E-state index contributed by atoms with van der Waals surface area (Å²) in [6.07, 6.45) is 8.47. The highest BCUT2D eigenvalue weighted by Crippen LogP contribution is 2.26. The Labute approximate surface area is 103 Å². The highest BCUT2D eigenvalue weighted by Gasteiger charge is 2.14. The fourth-order valence-electron chi connectivity index (χ4n) is 1.62. The van der Waals surface area contributed by atoms with Crippen molar-refractivity contribution in [1.82, 2.24) is 4.98 Å². The average molecular weight is 238 g/mol. The van der Waals surface area contributed by atoms with Gasteiger partial charge in [0.1, 0.15) is 0 Å². The number of allylic oxidation sites excluding steroid dienone is 1. The zero-order chi connectivity index (χ0) is 12.0. The minimum absolute atomic E-state index is 0.574. The Bertz CT molecular complexity index is 330. The molecule has 90 valence electrons. The number of aromatic nitrogens is 1. The summed E-state index contributed by atoms with van der Waals surface area (Å²) in [5, 5.41) is 1.16. The first kappa shape index (κ1) is 13.2. The van der Waals surface area contributed by atoms with Crippen molar-refractivity contribution >= 4 is 22.5 Å². The van der Waals surface area contributed by atoms with Crippen molar-refractivity contribution in [2.24, 2.45) is 0 Å². The second-order valence-electron chi connectivity index (χ2n) is 4.00. The van der Waals surface area contributed by atoms with Crippen molar-refractivity contribution in [2.75, 3.05) is 11.4 Å². The first-order valence-electron chi connectivity index (χ1n) is 6.08. The Hall–Kier alpha value is -0.830. The molecule has 0 amide bonds. The minimum Gasteiger partial charge on any atom is -0.345 e. The zero-order valence-electron chi connectivity index (χ0n) is 10.7. The van der Waals surface area contributed by atoms with Crippen LogP contribution in [0.2, 0.25) is 0 Å². The van der Waals surface area contributed by atoms with Crippen molar-refractivity contribution in [3.63, 3.8) is 0 Å². The largest absolute Gasteiger partial charge is 0.345 e. The van der Waals surface area contributed by atoms with Crippen LogP contribution in [0.1, 0.15) is 45.4 Å². The molecule has 1 aromatic heterocycles. The van der Waals surface area contributed by atoms with Crippen LogP contribution in [0.4, 0.5) is 5.13 Å².